The number of hydrogen-bond donors (Lipinski definition) is 4. The van der Waals surface area contributed by atoms with Crippen LogP contribution in [0.25, 0.3) is 0 Å². The lowest BCUT2D eigenvalue weighted by molar-refractivity contribution is -0.161. The van der Waals surface area contributed by atoms with Gasteiger partial charge >= 0.3 is 25.7 Å². The first kappa shape index (κ1) is 56.6. The summed E-state index contributed by atoms with van der Waals surface area (Å²) in [5.74, 6) is -2.68. The highest BCUT2D eigenvalue weighted by atomic mass is 31.2. The quantitative estimate of drug-likeness (QED) is 0.0152. The maximum atomic E-state index is 12.6. The zero-order valence-electron chi connectivity index (χ0n) is 36.3. The number of phosphoric acid groups is 1. The van der Waals surface area contributed by atoms with Crippen LogP contribution in [0.3, 0.4) is 0 Å². The Labute approximate surface area is 365 Å². The van der Waals surface area contributed by atoms with Crippen LogP contribution >= 0.6 is 7.82 Å². The molecule has 0 bridgehead atoms. The standard InChI is InChI=1S/C48H72NO11P/c1-3-5-7-9-11-13-15-17-18-19-20-22-24-26-28-30-34-38-46(51)57-40-44(41-58-61(55,56)59-42-45(49)48(53)54)60-47(52)39-35-31-33-37-43(50)36-32-29-27-25-23-21-16-14-12-10-8-6-4-2/h5-8,11-14,17-18,20-23,26-29,31-33,36,43-45,50H,3-4,9-10,15-16,19,24-25,30,34-35,37-42,49H2,1-2H3,(H,53,54)(H,55,56)/b7-5-,8-6-,13-11-,14-12-,18-17-,22-20-,23-21-,28-26-,29-27-,33-31-,36-32-/t43?,44-,45+/m1/s1. The Morgan fingerprint density at radius 1 is 0.590 bits per heavy atom. The van der Waals surface area contributed by atoms with Gasteiger partial charge in [-0.1, -0.05) is 148 Å². The van der Waals surface area contributed by atoms with Gasteiger partial charge in [0, 0.05) is 12.8 Å². The number of rotatable bonds is 37. The van der Waals surface area contributed by atoms with Crippen molar-refractivity contribution in [2.24, 2.45) is 5.73 Å². The Morgan fingerprint density at radius 2 is 1.07 bits per heavy atom. The van der Waals surface area contributed by atoms with Crippen molar-refractivity contribution in [3.05, 3.63) is 134 Å². The molecule has 0 aromatic rings. The lowest BCUT2D eigenvalue weighted by Crippen LogP contribution is -2.34. The minimum absolute atomic E-state index is 0.0666. The molecule has 0 rings (SSSR count). The van der Waals surface area contributed by atoms with E-state index in [0.717, 1.165) is 57.8 Å². The fraction of sp³-hybridized carbons (Fsp3) is 0.479. The topological polar surface area (TPSA) is 192 Å². The van der Waals surface area contributed by atoms with Gasteiger partial charge in [-0.3, -0.25) is 23.4 Å². The molecule has 61 heavy (non-hydrogen) atoms. The average molecular weight is 870 g/mol. The third kappa shape index (κ3) is 40.7. The van der Waals surface area contributed by atoms with Crippen molar-refractivity contribution in [3.63, 3.8) is 0 Å². The van der Waals surface area contributed by atoms with E-state index in [2.05, 4.69) is 103 Å². The normalized spacial score (nSPS) is 15.5. The van der Waals surface area contributed by atoms with Gasteiger partial charge in [0.25, 0.3) is 0 Å². The van der Waals surface area contributed by atoms with Gasteiger partial charge in [0.05, 0.1) is 19.3 Å². The van der Waals surface area contributed by atoms with Gasteiger partial charge in [-0.25, -0.2) is 4.57 Å². The number of aliphatic hydroxyl groups excluding tert-OH is 1. The lowest BCUT2D eigenvalue weighted by atomic mass is 10.2. The SMILES string of the molecule is CC/C=C\C/C=C\C/C=C\C/C=C\C=C/C(O)C/C=C\CCC(=O)O[C@H](COC(=O)CCC/C=C\C/C=C\C/C=C\C/C=C\C/C=C\CC)COP(=O)(O)OC[C@H](N)C(=O)O. The van der Waals surface area contributed by atoms with Crippen LogP contribution in [0.5, 0.6) is 0 Å². The first-order chi connectivity index (χ1) is 29.5. The van der Waals surface area contributed by atoms with Crippen molar-refractivity contribution >= 4 is 25.7 Å². The van der Waals surface area contributed by atoms with E-state index in [4.69, 9.17) is 24.8 Å². The summed E-state index contributed by atoms with van der Waals surface area (Å²) < 4.78 is 32.5. The number of esters is 2. The number of carbonyl (C=O) groups is 3. The average Bonchev–Trinajstić information content (AvgIpc) is 3.23. The van der Waals surface area contributed by atoms with E-state index in [9.17, 15) is 28.9 Å². The van der Waals surface area contributed by atoms with Crippen LogP contribution in [0.1, 0.15) is 110 Å². The molecule has 13 heteroatoms. The molecular weight excluding hydrogens is 797 g/mol. The second-order valence-corrected chi connectivity index (χ2v) is 15.0. The fourth-order valence-electron chi connectivity index (χ4n) is 4.68. The van der Waals surface area contributed by atoms with Gasteiger partial charge in [-0.05, 0) is 83.5 Å². The maximum absolute atomic E-state index is 12.6. The number of unbranched alkanes of at least 4 members (excludes halogenated alkanes) is 1. The minimum Gasteiger partial charge on any atom is -0.480 e. The Kier molecular flexibility index (Phi) is 38.0. The summed E-state index contributed by atoms with van der Waals surface area (Å²) in [5.41, 5.74) is 5.32. The summed E-state index contributed by atoms with van der Waals surface area (Å²) in [6.07, 6.45) is 52.7. The Morgan fingerprint density at radius 3 is 1.59 bits per heavy atom. The molecule has 0 aromatic carbocycles. The highest BCUT2D eigenvalue weighted by Crippen LogP contribution is 2.43. The van der Waals surface area contributed by atoms with Crippen molar-refractivity contribution in [2.75, 3.05) is 19.8 Å². The van der Waals surface area contributed by atoms with Gasteiger partial charge in [-0.15, -0.1) is 0 Å². The summed E-state index contributed by atoms with van der Waals surface area (Å²) in [6.45, 7) is 2.30. The number of nitrogens with two attached hydrogens (primary N) is 1. The van der Waals surface area contributed by atoms with Crippen molar-refractivity contribution in [2.45, 2.75) is 128 Å². The summed E-state index contributed by atoms with van der Waals surface area (Å²) in [6, 6.07) is -1.57. The summed E-state index contributed by atoms with van der Waals surface area (Å²) in [4.78, 5) is 45.9. The van der Waals surface area contributed by atoms with Crippen LogP contribution in [-0.4, -0.2) is 71.1 Å². The predicted molar refractivity (Wildman–Crippen MR) is 245 cm³/mol. The van der Waals surface area contributed by atoms with Crippen LogP contribution in [-0.2, 0) is 37.5 Å². The van der Waals surface area contributed by atoms with E-state index in [1.807, 2.05) is 24.3 Å². The molecule has 0 aliphatic rings. The molecule has 4 atom stereocenters. The number of allylic oxidation sites excluding steroid dienone is 20. The molecular formula is C48H72NO11P. The second-order valence-electron chi connectivity index (χ2n) is 13.6. The summed E-state index contributed by atoms with van der Waals surface area (Å²) >= 11 is 0. The third-order valence-corrected chi connectivity index (χ3v) is 8.94. The van der Waals surface area contributed by atoms with E-state index >= 15 is 0 Å². The molecule has 5 N–H and O–H groups in total. The number of carbonyl (C=O) groups excluding carboxylic acids is 2. The Bertz CT molecular complexity index is 1550. The molecule has 0 spiro atoms. The highest BCUT2D eigenvalue weighted by Gasteiger charge is 2.28. The van der Waals surface area contributed by atoms with E-state index in [0.29, 0.717) is 19.3 Å². The van der Waals surface area contributed by atoms with Gasteiger partial charge in [0.1, 0.15) is 12.6 Å². The predicted octanol–water partition coefficient (Wildman–Crippen LogP) is 10.4. The molecule has 0 aromatic heterocycles. The smallest absolute Gasteiger partial charge is 0.472 e. The molecule has 0 saturated heterocycles. The molecule has 0 fully saturated rings. The van der Waals surface area contributed by atoms with Gasteiger partial charge in [0.15, 0.2) is 6.10 Å². The number of aliphatic hydroxyl groups is 1. The largest absolute Gasteiger partial charge is 0.480 e. The number of ether oxygens (including phenoxy) is 2. The van der Waals surface area contributed by atoms with E-state index in [-0.39, 0.29) is 19.3 Å². The minimum atomic E-state index is -4.79. The number of aliphatic carboxylic acids is 1. The number of hydrogen-bond acceptors (Lipinski definition) is 10. The monoisotopic (exact) mass is 869 g/mol. The number of phosphoric ester groups is 1. The third-order valence-electron chi connectivity index (χ3n) is 7.99. The zero-order valence-corrected chi connectivity index (χ0v) is 37.2. The highest BCUT2D eigenvalue weighted by molar-refractivity contribution is 7.47. The van der Waals surface area contributed by atoms with Crippen molar-refractivity contribution in [3.8, 4) is 0 Å². The molecule has 0 heterocycles. The van der Waals surface area contributed by atoms with Crippen molar-refractivity contribution < 1.29 is 52.6 Å². The van der Waals surface area contributed by atoms with Crippen LogP contribution in [0.15, 0.2) is 134 Å². The molecule has 0 amide bonds. The Balaban J connectivity index is 4.72. The molecule has 0 saturated carbocycles. The Hall–Kier alpha value is -4.42. The first-order valence-corrected chi connectivity index (χ1v) is 22.8. The number of carboxylic acids is 1. The van der Waals surface area contributed by atoms with E-state index in [1.54, 1.807) is 24.3 Å². The number of carboxylic acid groups (broad SMARTS) is 1. The van der Waals surface area contributed by atoms with Crippen molar-refractivity contribution in [1.29, 1.82) is 0 Å². The van der Waals surface area contributed by atoms with E-state index in [1.165, 1.54) is 0 Å². The van der Waals surface area contributed by atoms with E-state index < -0.39 is 63.8 Å². The fourth-order valence-corrected chi connectivity index (χ4v) is 5.46. The lowest BCUT2D eigenvalue weighted by Gasteiger charge is -2.20. The van der Waals surface area contributed by atoms with Crippen LogP contribution in [0, 0.1) is 0 Å². The van der Waals surface area contributed by atoms with Gasteiger partial charge in [0.2, 0.25) is 0 Å². The molecule has 340 valence electrons. The zero-order chi connectivity index (χ0) is 45.1. The first-order valence-electron chi connectivity index (χ1n) is 21.3. The maximum Gasteiger partial charge on any atom is 0.472 e. The molecule has 0 radical (unpaired) electrons. The second kappa shape index (κ2) is 41.0. The summed E-state index contributed by atoms with van der Waals surface area (Å²) in [7, 11) is -4.79. The van der Waals surface area contributed by atoms with Crippen molar-refractivity contribution in [1.82, 2.24) is 0 Å². The summed E-state index contributed by atoms with van der Waals surface area (Å²) in [5, 5.41) is 19.1. The van der Waals surface area contributed by atoms with Crippen LogP contribution < -0.4 is 5.73 Å². The van der Waals surface area contributed by atoms with Gasteiger partial charge < -0.3 is 30.3 Å². The van der Waals surface area contributed by atoms with Gasteiger partial charge in [-0.2, -0.15) is 0 Å². The molecule has 0 aliphatic heterocycles. The van der Waals surface area contributed by atoms with Crippen LogP contribution in [0.2, 0.25) is 0 Å². The molecule has 0 aliphatic carbocycles. The van der Waals surface area contributed by atoms with Crippen LogP contribution in [0.4, 0.5) is 0 Å². The molecule has 2 unspecified atom stereocenters. The molecule has 12 nitrogen and oxygen atoms in total.